The fourth-order valence-electron chi connectivity index (χ4n) is 1.21. The van der Waals surface area contributed by atoms with Crippen LogP contribution in [0.1, 0.15) is 19.4 Å². The van der Waals surface area contributed by atoms with Crippen LogP contribution in [0.4, 0.5) is 0 Å². The highest BCUT2D eigenvalue weighted by Crippen LogP contribution is 2.14. The molecule has 1 aromatic carbocycles. The summed E-state index contributed by atoms with van der Waals surface area (Å²) in [5.41, 5.74) is 6.01. The van der Waals surface area contributed by atoms with Gasteiger partial charge in [0.05, 0.1) is 13.0 Å². The molecule has 3 nitrogen and oxygen atoms in total. The van der Waals surface area contributed by atoms with Crippen LogP contribution in [0.2, 0.25) is 0 Å². The molecule has 15 heavy (non-hydrogen) atoms. The lowest BCUT2D eigenvalue weighted by Gasteiger charge is -2.09. The molecule has 3 heteroatoms. The molecular formula is C12H17NO2. The van der Waals surface area contributed by atoms with Crippen molar-refractivity contribution in [3.05, 3.63) is 29.8 Å². The molecule has 1 rings (SSSR count). The molecule has 0 aliphatic rings. The lowest BCUT2D eigenvalue weighted by Crippen LogP contribution is -2.13. The van der Waals surface area contributed by atoms with Crippen LogP contribution >= 0.6 is 0 Å². The van der Waals surface area contributed by atoms with E-state index < -0.39 is 0 Å². The monoisotopic (exact) mass is 207 g/mol. The average Bonchev–Trinajstić information content (AvgIpc) is 2.14. The molecule has 2 N–H and O–H groups in total. The number of nitrogens with two attached hydrogens (primary N) is 1. The zero-order valence-corrected chi connectivity index (χ0v) is 9.19. The number of benzene rings is 1. The van der Waals surface area contributed by atoms with Crippen LogP contribution < -0.4 is 10.5 Å². The highest BCUT2D eigenvalue weighted by atomic mass is 16.5. The van der Waals surface area contributed by atoms with Gasteiger partial charge in [-0.1, -0.05) is 26.0 Å². The highest BCUT2D eigenvalue weighted by molar-refractivity contribution is 5.76. The van der Waals surface area contributed by atoms with Crippen molar-refractivity contribution in [3.63, 3.8) is 0 Å². The summed E-state index contributed by atoms with van der Waals surface area (Å²) >= 11 is 0. The molecule has 0 saturated carbocycles. The molecule has 0 spiro atoms. The largest absolute Gasteiger partial charge is 0.493 e. The summed E-state index contributed by atoms with van der Waals surface area (Å²) in [7, 11) is 0. The molecule has 1 aromatic rings. The van der Waals surface area contributed by atoms with Crippen molar-refractivity contribution < 1.29 is 9.53 Å². The Morgan fingerprint density at radius 3 is 2.80 bits per heavy atom. The fourth-order valence-corrected chi connectivity index (χ4v) is 1.21. The molecule has 0 saturated heterocycles. The number of hydrogen-bond acceptors (Lipinski definition) is 2. The summed E-state index contributed by atoms with van der Waals surface area (Å²) in [5, 5.41) is 0. The van der Waals surface area contributed by atoms with E-state index in [4.69, 9.17) is 10.5 Å². The minimum atomic E-state index is -0.323. The predicted molar refractivity (Wildman–Crippen MR) is 59.7 cm³/mol. The molecule has 1 amide bonds. The van der Waals surface area contributed by atoms with Crippen molar-refractivity contribution in [2.24, 2.45) is 11.7 Å². The Morgan fingerprint density at radius 1 is 1.47 bits per heavy atom. The van der Waals surface area contributed by atoms with Crippen LogP contribution in [0.25, 0.3) is 0 Å². The first kappa shape index (κ1) is 11.6. The molecular weight excluding hydrogens is 190 g/mol. The van der Waals surface area contributed by atoms with Gasteiger partial charge in [-0.2, -0.15) is 0 Å². The molecule has 0 aliphatic heterocycles. The van der Waals surface area contributed by atoms with E-state index in [0.29, 0.717) is 12.5 Å². The molecule has 0 unspecified atom stereocenters. The third kappa shape index (κ3) is 4.49. The Labute approximate surface area is 90.2 Å². The van der Waals surface area contributed by atoms with E-state index in [0.717, 1.165) is 11.3 Å². The fraction of sp³-hybridized carbons (Fsp3) is 0.417. The number of amides is 1. The summed E-state index contributed by atoms with van der Waals surface area (Å²) in [6.45, 7) is 4.86. The van der Waals surface area contributed by atoms with Crippen molar-refractivity contribution in [2.45, 2.75) is 20.3 Å². The smallest absolute Gasteiger partial charge is 0.221 e. The number of rotatable bonds is 5. The molecule has 0 atom stereocenters. The zero-order chi connectivity index (χ0) is 11.3. The van der Waals surface area contributed by atoms with Crippen LogP contribution in [0.5, 0.6) is 5.75 Å². The van der Waals surface area contributed by atoms with E-state index in [1.54, 1.807) is 0 Å². The minimum absolute atomic E-state index is 0.263. The predicted octanol–water partition coefficient (Wildman–Crippen LogP) is 1.75. The van der Waals surface area contributed by atoms with Gasteiger partial charge in [-0.3, -0.25) is 4.79 Å². The third-order valence-electron chi connectivity index (χ3n) is 1.86. The maximum atomic E-state index is 10.7. The summed E-state index contributed by atoms with van der Waals surface area (Å²) in [6, 6.07) is 7.47. The number of hydrogen-bond donors (Lipinski definition) is 1. The number of ether oxygens (including phenoxy) is 1. The molecule has 0 heterocycles. The Bertz CT molecular complexity index is 334. The summed E-state index contributed by atoms with van der Waals surface area (Å²) < 4.78 is 5.54. The summed E-state index contributed by atoms with van der Waals surface area (Å²) in [5.74, 6) is 0.961. The van der Waals surface area contributed by atoms with Gasteiger partial charge in [0.25, 0.3) is 0 Å². The van der Waals surface area contributed by atoms with E-state index in [1.807, 2.05) is 24.3 Å². The van der Waals surface area contributed by atoms with E-state index in [9.17, 15) is 4.79 Å². The molecule has 0 aromatic heterocycles. The van der Waals surface area contributed by atoms with Crippen molar-refractivity contribution in [1.29, 1.82) is 0 Å². The highest BCUT2D eigenvalue weighted by Gasteiger charge is 2.01. The molecule has 0 fully saturated rings. The van der Waals surface area contributed by atoms with Crippen LogP contribution in [0, 0.1) is 5.92 Å². The molecule has 0 aliphatic carbocycles. The topological polar surface area (TPSA) is 52.3 Å². The van der Waals surface area contributed by atoms with Crippen molar-refractivity contribution in [1.82, 2.24) is 0 Å². The Balaban J connectivity index is 2.61. The first-order chi connectivity index (χ1) is 7.08. The van der Waals surface area contributed by atoms with E-state index in [2.05, 4.69) is 13.8 Å². The van der Waals surface area contributed by atoms with Crippen LogP contribution in [-0.4, -0.2) is 12.5 Å². The van der Waals surface area contributed by atoms with Crippen molar-refractivity contribution in [3.8, 4) is 5.75 Å². The van der Waals surface area contributed by atoms with E-state index in [-0.39, 0.29) is 12.3 Å². The van der Waals surface area contributed by atoms with Crippen LogP contribution in [0.15, 0.2) is 24.3 Å². The van der Waals surface area contributed by atoms with Crippen molar-refractivity contribution in [2.75, 3.05) is 6.61 Å². The Hall–Kier alpha value is -1.51. The Morgan fingerprint density at radius 2 is 2.20 bits per heavy atom. The van der Waals surface area contributed by atoms with Gasteiger partial charge in [-0.05, 0) is 23.6 Å². The minimum Gasteiger partial charge on any atom is -0.493 e. The van der Waals surface area contributed by atoms with E-state index in [1.165, 1.54) is 0 Å². The lowest BCUT2D eigenvalue weighted by atomic mass is 10.1. The third-order valence-corrected chi connectivity index (χ3v) is 1.86. The summed E-state index contributed by atoms with van der Waals surface area (Å²) in [6.07, 6.45) is 0.263. The quantitative estimate of drug-likeness (QED) is 0.799. The second-order valence-electron chi connectivity index (χ2n) is 4.00. The van der Waals surface area contributed by atoms with Gasteiger partial charge in [0.1, 0.15) is 5.75 Å². The second kappa shape index (κ2) is 5.39. The number of carbonyl (C=O) groups excluding carboxylic acids is 1. The van der Waals surface area contributed by atoms with Gasteiger partial charge < -0.3 is 10.5 Å². The maximum Gasteiger partial charge on any atom is 0.221 e. The van der Waals surface area contributed by atoms with Crippen LogP contribution in [-0.2, 0) is 11.2 Å². The normalized spacial score (nSPS) is 10.3. The second-order valence-corrected chi connectivity index (χ2v) is 4.00. The van der Waals surface area contributed by atoms with Gasteiger partial charge in [0, 0.05) is 0 Å². The van der Waals surface area contributed by atoms with E-state index >= 15 is 0 Å². The SMILES string of the molecule is CC(C)COc1cccc(CC(N)=O)c1. The number of carbonyl (C=O) groups is 1. The maximum absolute atomic E-state index is 10.7. The first-order valence-corrected chi connectivity index (χ1v) is 5.08. The van der Waals surface area contributed by atoms with Crippen LogP contribution in [0.3, 0.4) is 0 Å². The van der Waals surface area contributed by atoms with Gasteiger partial charge in [-0.25, -0.2) is 0 Å². The average molecular weight is 207 g/mol. The number of primary amides is 1. The first-order valence-electron chi connectivity index (χ1n) is 5.08. The van der Waals surface area contributed by atoms with Gasteiger partial charge in [-0.15, -0.1) is 0 Å². The summed E-state index contributed by atoms with van der Waals surface area (Å²) in [4.78, 5) is 10.7. The molecule has 0 bridgehead atoms. The zero-order valence-electron chi connectivity index (χ0n) is 9.19. The van der Waals surface area contributed by atoms with Gasteiger partial charge in [0.15, 0.2) is 0 Å². The lowest BCUT2D eigenvalue weighted by molar-refractivity contribution is -0.117. The molecule has 0 radical (unpaired) electrons. The Kier molecular flexibility index (Phi) is 4.16. The van der Waals surface area contributed by atoms with Gasteiger partial charge in [0.2, 0.25) is 5.91 Å². The van der Waals surface area contributed by atoms with Gasteiger partial charge >= 0.3 is 0 Å². The molecule has 82 valence electrons. The standard InChI is InChI=1S/C12H17NO2/c1-9(2)8-15-11-5-3-4-10(6-11)7-12(13)14/h3-6,9H,7-8H2,1-2H3,(H2,13,14). The van der Waals surface area contributed by atoms with Crippen molar-refractivity contribution >= 4 is 5.91 Å².